The topological polar surface area (TPSA) is 57.4 Å². The molecule has 5 heteroatoms. The lowest BCUT2D eigenvalue weighted by Crippen LogP contribution is -2.42. The summed E-state index contributed by atoms with van der Waals surface area (Å²) in [6.45, 7) is 4.96. The van der Waals surface area contributed by atoms with E-state index in [0.717, 1.165) is 49.8 Å². The van der Waals surface area contributed by atoms with Crippen LogP contribution in [0.2, 0.25) is 0 Å². The van der Waals surface area contributed by atoms with Gasteiger partial charge in [-0.15, -0.1) is 11.3 Å². The highest BCUT2D eigenvalue weighted by Gasteiger charge is 2.32. The molecule has 1 aromatic rings. The van der Waals surface area contributed by atoms with E-state index in [1.165, 1.54) is 0 Å². The molecule has 2 heterocycles. The Bertz CT molecular complexity index is 348. The maximum absolute atomic E-state index is 6.37. The number of nitrogens with zero attached hydrogens (tertiary/aromatic N) is 1. The summed E-state index contributed by atoms with van der Waals surface area (Å²) in [4.78, 5) is 4.59. The number of hydrogen-bond donors (Lipinski definition) is 1. The summed E-state index contributed by atoms with van der Waals surface area (Å²) >= 11 is 1.64. The van der Waals surface area contributed by atoms with Crippen molar-refractivity contribution in [3.63, 3.8) is 0 Å². The van der Waals surface area contributed by atoms with Crippen molar-refractivity contribution in [1.29, 1.82) is 0 Å². The third-order valence-electron chi connectivity index (χ3n) is 3.02. The molecule has 0 spiro atoms. The van der Waals surface area contributed by atoms with Crippen molar-refractivity contribution in [2.75, 3.05) is 19.8 Å². The van der Waals surface area contributed by atoms with Gasteiger partial charge in [0, 0.05) is 25.2 Å². The molecule has 2 rings (SSSR count). The highest BCUT2D eigenvalue weighted by atomic mass is 32.1. The van der Waals surface area contributed by atoms with Crippen LogP contribution < -0.4 is 5.73 Å². The second-order valence-corrected chi connectivity index (χ2v) is 5.39. The molecule has 0 atom stereocenters. The molecule has 2 N–H and O–H groups in total. The molecule has 0 radical (unpaired) electrons. The second kappa shape index (κ2) is 5.91. The summed E-state index contributed by atoms with van der Waals surface area (Å²) in [6, 6.07) is 0. The molecule has 0 saturated carbocycles. The fourth-order valence-electron chi connectivity index (χ4n) is 1.90. The molecular weight excluding hydrogens is 236 g/mol. The van der Waals surface area contributed by atoms with Gasteiger partial charge in [0.1, 0.15) is 5.01 Å². The molecule has 1 aliphatic rings. The van der Waals surface area contributed by atoms with Gasteiger partial charge in [-0.2, -0.15) is 0 Å². The van der Waals surface area contributed by atoms with Gasteiger partial charge in [0.05, 0.1) is 17.8 Å². The second-order valence-electron chi connectivity index (χ2n) is 4.45. The van der Waals surface area contributed by atoms with Crippen molar-refractivity contribution in [1.82, 2.24) is 4.98 Å². The van der Waals surface area contributed by atoms with Crippen molar-refractivity contribution in [3.05, 3.63) is 16.1 Å². The van der Waals surface area contributed by atoms with Gasteiger partial charge >= 0.3 is 0 Å². The van der Waals surface area contributed by atoms with Gasteiger partial charge in [-0.1, -0.05) is 6.92 Å². The lowest BCUT2D eigenvalue weighted by atomic mass is 9.88. The van der Waals surface area contributed by atoms with E-state index in [9.17, 15) is 0 Å². The Balaban J connectivity index is 1.96. The van der Waals surface area contributed by atoms with Gasteiger partial charge in [0.2, 0.25) is 0 Å². The van der Waals surface area contributed by atoms with Gasteiger partial charge in [-0.25, -0.2) is 4.98 Å². The van der Waals surface area contributed by atoms with E-state index >= 15 is 0 Å². The van der Waals surface area contributed by atoms with Crippen LogP contribution in [0.1, 0.15) is 36.9 Å². The maximum atomic E-state index is 6.37. The lowest BCUT2D eigenvalue weighted by Gasteiger charge is -2.31. The quantitative estimate of drug-likeness (QED) is 0.819. The van der Waals surface area contributed by atoms with E-state index in [4.69, 9.17) is 15.2 Å². The number of nitrogens with two attached hydrogens (primary N) is 1. The Morgan fingerprint density at radius 2 is 2.29 bits per heavy atom. The van der Waals surface area contributed by atoms with Crippen LogP contribution in [-0.4, -0.2) is 24.8 Å². The number of rotatable bonds is 5. The molecule has 0 aliphatic carbocycles. The average molecular weight is 256 g/mol. The summed E-state index contributed by atoms with van der Waals surface area (Å²) in [5.74, 6) is 0. The first-order valence-electron chi connectivity index (χ1n) is 6.14. The molecule has 17 heavy (non-hydrogen) atoms. The smallest absolute Gasteiger partial charge is 0.119 e. The average Bonchev–Trinajstić information content (AvgIpc) is 2.80. The molecule has 96 valence electrons. The van der Waals surface area contributed by atoms with Crippen LogP contribution in [0.15, 0.2) is 5.38 Å². The van der Waals surface area contributed by atoms with E-state index in [-0.39, 0.29) is 5.54 Å². The van der Waals surface area contributed by atoms with Crippen molar-refractivity contribution < 1.29 is 9.47 Å². The van der Waals surface area contributed by atoms with Crippen LogP contribution >= 0.6 is 11.3 Å². The lowest BCUT2D eigenvalue weighted by molar-refractivity contribution is 0.0507. The highest BCUT2D eigenvalue weighted by molar-refractivity contribution is 7.09. The highest BCUT2D eigenvalue weighted by Crippen LogP contribution is 2.30. The van der Waals surface area contributed by atoms with Crippen LogP contribution in [0.3, 0.4) is 0 Å². The van der Waals surface area contributed by atoms with Crippen LogP contribution in [0.5, 0.6) is 0 Å². The predicted octanol–water partition coefficient (Wildman–Crippen LogP) is 2.03. The zero-order valence-electron chi connectivity index (χ0n) is 10.3. The fraction of sp³-hybridized carbons (Fsp3) is 0.750. The SMILES string of the molecule is CCCOCc1nc(C2(N)CCOCC2)cs1. The first-order valence-corrected chi connectivity index (χ1v) is 7.02. The standard InChI is InChI=1S/C12H20N2O2S/c1-2-5-16-8-11-14-10(9-17-11)12(13)3-6-15-7-4-12/h9H,2-8,13H2,1H3. The molecule has 0 bridgehead atoms. The third kappa shape index (κ3) is 3.25. The van der Waals surface area contributed by atoms with Crippen molar-refractivity contribution in [2.24, 2.45) is 5.73 Å². The fourth-order valence-corrected chi connectivity index (χ4v) is 2.74. The van der Waals surface area contributed by atoms with Gasteiger partial charge in [-0.3, -0.25) is 0 Å². The molecule has 1 aliphatic heterocycles. The summed E-state index contributed by atoms with van der Waals surface area (Å²) in [5, 5.41) is 3.08. The molecule has 0 unspecified atom stereocenters. The van der Waals surface area contributed by atoms with Crippen molar-refractivity contribution >= 4 is 11.3 Å². The largest absolute Gasteiger partial charge is 0.381 e. The number of thiazole rings is 1. The van der Waals surface area contributed by atoms with E-state index in [0.29, 0.717) is 6.61 Å². The number of ether oxygens (including phenoxy) is 2. The first kappa shape index (κ1) is 13.0. The molecule has 0 amide bonds. The number of aromatic nitrogens is 1. The maximum Gasteiger partial charge on any atom is 0.119 e. The van der Waals surface area contributed by atoms with Gasteiger partial charge in [0.25, 0.3) is 0 Å². The van der Waals surface area contributed by atoms with Crippen molar-refractivity contribution in [2.45, 2.75) is 38.3 Å². The molecule has 0 aromatic carbocycles. The van der Waals surface area contributed by atoms with E-state index < -0.39 is 0 Å². The third-order valence-corrected chi connectivity index (χ3v) is 3.84. The first-order chi connectivity index (χ1) is 8.24. The zero-order chi connectivity index (χ0) is 12.1. The molecule has 1 saturated heterocycles. The Hall–Kier alpha value is -0.490. The van der Waals surface area contributed by atoms with Gasteiger partial charge < -0.3 is 15.2 Å². The zero-order valence-corrected chi connectivity index (χ0v) is 11.1. The van der Waals surface area contributed by atoms with E-state index in [1.54, 1.807) is 11.3 Å². The Labute approximate surface area is 106 Å². The Kier molecular flexibility index (Phi) is 4.50. The summed E-state index contributed by atoms with van der Waals surface area (Å²) in [7, 11) is 0. The Morgan fingerprint density at radius 1 is 1.53 bits per heavy atom. The summed E-state index contributed by atoms with van der Waals surface area (Å²) in [5.41, 5.74) is 7.08. The summed E-state index contributed by atoms with van der Waals surface area (Å²) < 4.78 is 10.8. The van der Waals surface area contributed by atoms with Crippen LogP contribution in [0.4, 0.5) is 0 Å². The minimum atomic E-state index is -0.294. The van der Waals surface area contributed by atoms with Crippen LogP contribution in [-0.2, 0) is 21.6 Å². The van der Waals surface area contributed by atoms with Crippen LogP contribution in [0, 0.1) is 0 Å². The van der Waals surface area contributed by atoms with Gasteiger partial charge in [0.15, 0.2) is 0 Å². The van der Waals surface area contributed by atoms with Gasteiger partial charge in [-0.05, 0) is 19.3 Å². The predicted molar refractivity (Wildman–Crippen MR) is 68.0 cm³/mol. The van der Waals surface area contributed by atoms with Crippen molar-refractivity contribution in [3.8, 4) is 0 Å². The van der Waals surface area contributed by atoms with Crippen LogP contribution in [0.25, 0.3) is 0 Å². The minimum Gasteiger partial charge on any atom is -0.381 e. The van der Waals surface area contributed by atoms with E-state index in [2.05, 4.69) is 17.3 Å². The Morgan fingerprint density at radius 3 is 3.00 bits per heavy atom. The monoisotopic (exact) mass is 256 g/mol. The molecule has 1 fully saturated rings. The van der Waals surface area contributed by atoms with E-state index in [1.807, 2.05) is 0 Å². The summed E-state index contributed by atoms with van der Waals surface area (Å²) in [6.07, 6.45) is 2.74. The molecule has 1 aromatic heterocycles. The normalized spacial score (nSPS) is 19.4. The number of hydrogen-bond acceptors (Lipinski definition) is 5. The molecule has 4 nitrogen and oxygen atoms in total. The minimum absolute atomic E-state index is 0.294. The molecular formula is C12H20N2O2S.